The predicted molar refractivity (Wildman–Crippen MR) is 47.2 cm³/mol. The molecule has 74 valence electrons. The van der Waals surface area contributed by atoms with Crippen LogP contribution in [0.5, 0.6) is 0 Å². The van der Waals surface area contributed by atoms with Gasteiger partial charge in [0.2, 0.25) is 0 Å². The average molecular weight is 196 g/mol. The molecule has 0 saturated carbocycles. The Morgan fingerprint density at radius 1 is 1.14 bits per heavy atom. The molecule has 0 aliphatic heterocycles. The van der Waals surface area contributed by atoms with Crippen LogP contribution in [-0.2, 0) is 19.1 Å². The van der Waals surface area contributed by atoms with E-state index in [1.54, 1.807) is 0 Å². The molecule has 0 aromatic carbocycles. The molecule has 5 heteroatoms. The van der Waals surface area contributed by atoms with Gasteiger partial charge >= 0.3 is 17.9 Å². The van der Waals surface area contributed by atoms with E-state index >= 15 is 0 Å². The Hall–Kier alpha value is -2.17. The molecule has 0 rings (SSSR count). The highest BCUT2D eigenvalue weighted by molar-refractivity contribution is 6.03. The molecular formula is C9H8O5. The maximum absolute atomic E-state index is 11.0. The van der Waals surface area contributed by atoms with Crippen molar-refractivity contribution < 1.29 is 24.2 Å². The first-order valence-electron chi connectivity index (χ1n) is 3.47. The summed E-state index contributed by atoms with van der Waals surface area (Å²) in [5.74, 6) is -3.36. The second-order valence-electron chi connectivity index (χ2n) is 2.05. The van der Waals surface area contributed by atoms with Gasteiger partial charge in [0.05, 0.1) is 5.57 Å². The maximum atomic E-state index is 11.0. The zero-order valence-corrected chi connectivity index (χ0v) is 7.23. The minimum atomic E-state index is -1.33. The predicted octanol–water partition coefficient (Wildman–Crippen LogP) is 0.439. The van der Waals surface area contributed by atoms with Crippen molar-refractivity contribution in [2.75, 3.05) is 0 Å². The Morgan fingerprint density at radius 2 is 1.71 bits per heavy atom. The first-order valence-corrected chi connectivity index (χ1v) is 3.47. The summed E-state index contributed by atoms with van der Waals surface area (Å²) < 4.78 is 4.15. The van der Waals surface area contributed by atoms with Crippen LogP contribution in [0.25, 0.3) is 0 Å². The van der Waals surface area contributed by atoms with Crippen molar-refractivity contribution in [2.45, 2.75) is 0 Å². The van der Waals surface area contributed by atoms with Crippen molar-refractivity contribution in [1.82, 2.24) is 0 Å². The molecule has 0 unspecified atom stereocenters. The second kappa shape index (κ2) is 5.47. The fourth-order valence-corrected chi connectivity index (χ4v) is 0.526. The lowest BCUT2D eigenvalue weighted by Crippen LogP contribution is -2.12. The molecule has 1 N–H and O–H groups in total. The van der Waals surface area contributed by atoms with Crippen molar-refractivity contribution in [3.8, 4) is 0 Å². The number of hydrogen-bond acceptors (Lipinski definition) is 4. The third-order valence-corrected chi connectivity index (χ3v) is 1.09. The molecule has 0 aliphatic rings. The van der Waals surface area contributed by atoms with Crippen LogP contribution in [0.1, 0.15) is 0 Å². The summed E-state index contributed by atoms with van der Waals surface area (Å²) in [6, 6.07) is 0. The molecule has 0 amide bonds. The summed E-state index contributed by atoms with van der Waals surface area (Å²) in [7, 11) is 0. The van der Waals surface area contributed by atoms with E-state index in [-0.39, 0.29) is 5.57 Å². The third kappa shape index (κ3) is 4.01. The van der Waals surface area contributed by atoms with E-state index in [9.17, 15) is 14.4 Å². The Kier molecular flexibility index (Phi) is 4.62. The van der Waals surface area contributed by atoms with Crippen LogP contribution < -0.4 is 0 Å². The number of hydrogen-bond donors (Lipinski definition) is 1. The van der Waals surface area contributed by atoms with Crippen LogP contribution in [0.4, 0.5) is 0 Å². The van der Waals surface area contributed by atoms with E-state index < -0.39 is 17.9 Å². The molecular weight excluding hydrogens is 188 g/mol. The normalized spacial score (nSPS) is 10.1. The maximum Gasteiger partial charge on any atom is 0.346 e. The summed E-state index contributed by atoms with van der Waals surface area (Å²) in [5, 5.41) is 8.32. The molecule has 0 saturated heterocycles. The summed E-state index contributed by atoms with van der Waals surface area (Å²) in [6.45, 7) is 6.27. The fraction of sp³-hybridized carbons (Fsp3) is 0. The highest BCUT2D eigenvalue weighted by Crippen LogP contribution is 1.99. The minimum absolute atomic E-state index is 0.312. The number of esters is 2. The van der Waals surface area contributed by atoms with Crippen LogP contribution in [0.15, 0.2) is 37.0 Å². The van der Waals surface area contributed by atoms with Crippen LogP contribution in [-0.4, -0.2) is 23.0 Å². The second-order valence-corrected chi connectivity index (χ2v) is 2.05. The molecule has 0 heterocycles. The van der Waals surface area contributed by atoms with Gasteiger partial charge in [0.25, 0.3) is 0 Å². The first kappa shape index (κ1) is 11.8. The topological polar surface area (TPSA) is 80.7 Å². The summed E-state index contributed by atoms with van der Waals surface area (Å²) in [4.78, 5) is 31.7. The summed E-state index contributed by atoms with van der Waals surface area (Å²) >= 11 is 0. The summed E-state index contributed by atoms with van der Waals surface area (Å²) in [6.07, 6.45) is 2.36. The van der Waals surface area contributed by atoms with Gasteiger partial charge in [0.15, 0.2) is 0 Å². The SMILES string of the molecule is C=CC(=O)OC(=O)/C(C=C)=C\C(=O)O. The highest BCUT2D eigenvalue weighted by Gasteiger charge is 2.12. The van der Waals surface area contributed by atoms with Crippen LogP contribution in [0.2, 0.25) is 0 Å². The molecule has 0 aromatic rings. The molecule has 0 fully saturated rings. The Labute approximate surface area is 80.0 Å². The van der Waals surface area contributed by atoms with E-state index in [0.29, 0.717) is 6.08 Å². The molecule has 0 atom stereocenters. The van der Waals surface area contributed by atoms with Crippen LogP contribution >= 0.6 is 0 Å². The van der Waals surface area contributed by atoms with Gasteiger partial charge in [-0.15, -0.1) is 0 Å². The van der Waals surface area contributed by atoms with E-state index in [1.807, 2.05) is 0 Å². The molecule has 0 radical (unpaired) electrons. The highest BCUT2D eigenvalue weighted by atomic mass is 16.6. The van der Waals surface area contributed by atoms with Crippen molar-refractivity contribution in [1.29, 1.82) is 0 Å². The van der Waals surface area contributed by atoms with Gasteiger partial charge in [0, 0.05) is 12.2 Å². The van der Waals surface area contributed by atoms with Gasteiger partial charge in [-0.25, -0.2) is 14.4 Å². The van der Waals surface area contributed by atoms with Gasteiger partial charge in [-0.3, -0.25) is 0 Å². The number of carboxylic acids is 1. The third-order valence-electron chi connectivity index (χ3n) is 1.09. The van der Waals surface area contributed by atoms with Gasteiger partial charge < -0.3 is 9.84 Å². The average Bonchev–Trinajstić information content (AvgIpc) is 2.13. The van der Waals surface area contributed by atoms with Crippen molar-refractivity contribution in [3.63, 3.8) is 0 Å². The van der Waals surface area contributed by atoms with E-state index in [2.05, 4.69) is 17.9 Å². The fourth-order valence-electron chi connectivity index (χ4n) is 0.526. The monoisotopic (exact) mass is 196 g/mol. The molecule has 0 bridgehead atoms. The van der Waals surface area contributed by atoms with Gasteiger partial charge in [-0.1, -0.05) is 19.2 Å². The lowest BCUT2D eigenvalue weighted by Gasteiger charge is -1.98. The number of carbonyl (C=O) groups excluding carboxylic acids is 2. The number of carbonyl (C=O) groups is 3. The number of ether oxygens (including phenoxy) is 1. The van der Waals surface area contributed by atoms with Crippen LogP contribution in [0, 0.1) is 0 Å². The molecule has 0 aliphatic carbocycles. The summed E-state index contributed by atoms with van der Waals surface area (Å²) in [5.41, 5.74) is -0.312. The van der Waals surface area contributed by atoms with E-state index in [4.69, 9.17) is 5.11 Å². The Balaban J connectivity index is 4.64. The number of aliphatic carboxylic acids is 1. The Morgan fingerprint density at radius 3 is 2.07 bits per heavy atom. The van der Waals surface area contributed by atoms with E-state index in [0.717, 1.165) is 12.2 Å². The Bertz CT molecular complexity index is 324. The largest absolute Gasteiger partial charge is 0.478 e. The molecule has 0 spiro atoms. The van der Waals surface area contributed by atoms with Crippen molar-refractivity contribution in [2.24, 2.45) is 0 Å². The van der Waals surface area contributed by atoms with Gasteiger partial charge in [0.1, 0.15) is 0 Å². The minimum Gasteiger partial charge on any atom is -0.478 e. The lowest BCUT2D eigenvalue weighted by molar-refractivity contribution is -0.153. The van der Waals surface area contributed by atoms with Gasteiger partial charge in [-0.2, -0.15) is 0 Å². The van der Waals surface area contributed by atoms with Crippen molar-refractivity contribution >= 4 is 17.9 Å². The molecule has 5 nitrogen and oxygen atoms in total. The number of carboxylic acid groups (broad SMARTS) is 1. The zero-order chi connectivity index (χ0) is 11.1. The lowest BCUT2D eigenvalue weighted by atomic mass is 10.2. The van der Waals surface area contributed by atoms with E-state index in [1.165, 1.54) is 0 Å². The standard InChI is InChI=1S/C9H8O5/c1-3-6(5-7(10)11)9(13)14-8(12)4-2/h3-5H,1-2H2,(H,10,11)/b6-5-. The molecule has 14 heavy (non-hydrogen) atoms. The van der Waals surface area contributed by atoms with Crippen molar-refractivity contribution in [3.05, 3.63) is 37.0 Å². The number of rotatable bonds is 4. The quantitative estimate of drug-likeness (QED) is 0.305. The first-order chi connectivity index (χ1) is 6.51. The zero-order valence-electron chi connectivity index (χ0n) is 7.23. The van der Waals surface area contributed by atoms with Crippen LogP contribution in [0.3, 0.4) is 0 Å². The van der Waals surface area contributed by atoms with Gasteiger partial charge in [-0.05, 0) is 0 Å². The smallest absolute Gasteiger partial charge is 0.346 e. The molecule has 0 aromatic heterocycles.